The predicted octanol–water partition coefficient (Wildman–Crippen LogP) is 4.07. The average molecular weight is 300 g/mol. The molecule has 0 aliphatic rings. The Morgan fingerprint density at radius 2 is 1.73 bits per heavy atom. The maximum absolute atomic E-state index is 13.0. The van der Waals surface area contributed by atoms with Gasteiger partial charge in [0.2, 0.25) is 5.91 Å². The van der Waals surface area contributed by atoms with E-state index < -0.39 is 0 Å². The molecule has 3 nitrogen and oxygen atoms in total. The molecule has 0 unspecified atom stereocenters. The van der Waals surface area contributed by atoms with E-state index >= 15 is 0 Å². The summed E-state index contributed by atoms with van der Waals surface area (Å²) in [4.78, 5) is 14.1. The number of carbonyl (C=O) groups is 1. The average Bonchev–Trinajstić information content (AvgIpc) is 2.50. The van der Waals surface area contributed by atoms with Gasteiger partial charge in [-0.05, 0) is 50.2 Å². The van der Waals surface area contributed by atoms with Gasteiger partial charge >= 0.3 is 0 Å². The molecular weight excluding hydrogens is 279 g/mol. The maximum Gasteiger partial charge on any atom is 0.226 e. The van der Waals surface area contributed by atoms with Crippen LogP contribution in [0.25, 0.3) is 0 Å². The van der Waals surface area contributed by atoms with Gasteiger partial charge in [-0.2, -0.15) is 0 Å². The number of nitrogens with zero attached hydrogens (tertiary/aromatic N) is 1. The van der Waals surface area contributed by atoms with Crippen molar-refractivity contribution in [3.8, 4) is 0 Å². The Morgan fingerprint density at radius 3 is 2.32 bits per heavy atom. The molecule has 0 bridgehead atoms. The van der Waals surface area contributed by atoms with Crippen LogP contribution in [-0.2, 0) is 4.79 Å². The molecule has 116 valence electrons. The summed E-state index contributed by atoms with van der Waals surface area (Å²) in [5.74, 6) is -0.284. The first-order valence-electron chi connectivity index (χ1n) is 7.43. The highest BCUT2D eigenvalue weighted by molar-refractivity contribution is 5.90. The van der Waals surface area contributed by atoms with E-state index in [1.807, 2.05) is 30.3 Å². The molecule has 2 rings (SSSR count). The van der Waals surface area contributed by atoms with Crippen molar-refractivity contribution in [1.29, 1.82) is 0 Å². The van der Waals surface area contributed by atoms with Crippen LogP contribution >= 0.6 is 0 Å². The standard InChI is InChI=1S/C18H21FN2O/c1-14(2)21(17-10-8-15(19)9-11-17)13-12-18(22)20-16-6-4-3-5-7-16/h3-11,14H,12-13H2,1-2H3,(H,20,22). The number of anilines is 2. The van der Waals surface area contributed by atoms with Crippen molar-refractivity contribution in [1.82, 2.24) is 0 Å². The van der Waals surface area contributed by atoms with Gasteiger partial charge in [-0.3, -0.25) is 4.79 Å². The number of benzene rings is 2. The van der Waals surface area contributed by atoms with Gasteiger partial charge in [0, 0.05) is 30.4 Å². The Balaban J connectivity index is 1.94. The molecule has 2 aromatic rings. The number of halogens is 1. The smallest absolute Gasteiger partial charge is 0.226 e. The minimum atomic E-state index is -0.255. The third kappa shape index (κ3) is 4.58. The van der Waals surface area contributed by atoms with Crippen LogP contribution in [0.15, 0.2) is 54.6 Å². The van der Waals surface area contributed by atoms with E-state index in [0.29, 0.717) is 13.0 Å². The Bertz CT molecular complexity index is 596. The number of hydrogen-bond acceptors (Lipinski definition) is 2. The van der Waals surface area contributed by atoms with Gasteiger partial charge < -0.3 is 10.2 Å². The van der Waals surface area contributed by atoms with Crippen molar-refractivity contribution in [2.24, 2.45) is 0 Å². The summed E-state index contributed by atoms with van der Waals surface area (Å²) in [7, 11) is 0. The van der Waals surface area contributed by atoms with Crippen LogP contribution in [0.2, 0.25) is 0 Å². The number of nitrogens with one attached hydrogen (secondary N) is 1. The number of rotatable bonds is 6. The van der Waals surface area contributed by atoms with Crippen molar-refractivity contribution in [3.63, 3.8) is 0 Å². The first kappa shape index (κ1) is 16.0. The molecule has 4 heteroatoms. The first-order valence-corrected chi connectivity index (χ1v) is 7.43. The fourth-order valence-electron chi connectivity index (χ4n) is 2.28. The molecule has 22 heavy (non-hydrogen) atoms. The summed E-state index contributed by atoms with van der Waals surface area (Å²) < 4.78 is 13.0. The molecule has 0 aliphatic heterocycles. The molecule has 0 fully saturated rings. The minimum Gasteiger partial charge on any atom is -0.369 e. The van der Waals surface area contributed by atoms with E-state index in [0.717, 1.165) is 11.4 Å². The molecule has 0 saturated carbocycles. The molecule has 0 aliphatic carbocycles. The van der Waals surface area contributed by atoms with Gasteiger partial charge in [0.1, 0.15) is 5.82 Å². The second-order valence-electron chi connectivity index (χ2n) is 5.43. The molecular formula is C18H21FN2O. The van der Waals surface area contributed by atoms with E-state index in [2.05, 4.69) is 24.1 Å². The van der Waals surface area contributed by atoms with Crippen molar-refractivity contribution in [2.75, 3.05) is 16.8 Å². The Kier molecular flexibility index (Phi) is 5.53. The van der Waals surface area contributed by atoms with Crippen LogP contribution in [-0.4, -0.2) is 18.5 Å². The van der Waals surface area contributed by atoms with Crippen LogP contribution in [0.1, 0.15) is 20.3 Å². The maximum atomic E-state index is 13.0. The van der Waals surface area contributed by atoms with E-state index in [-0.39, 0.29) is 17.8 Å². The summed E-state index contributed by atoms with van der Waals surface area (Å²) in [5, 5.41) is 2.87. The Hall–Kier alpha value is -2.36. The van der Waals surface area contributed by atoms with Gasteiger partial charge in [0.05, 0.1) is 0 Å². The molecule has 0 saturated heterocycles. The van der Waals surface area contributed by atoms with Crippen molar-refractivity contribution >= 4 is 17.3 Å². The number of amides is 1. The molecule has 1 N–H and O–H groups in total. The van der Waals surface area contributed by atoms with Crippen molar-refractivity contribution in [2.45, 2.75) is 26.3 Å². The number of para-hydroxylation sites is 1. The molecule has 2 aromatic carbocycles. The topological polar surface area (TPSA) is 32.3 Å². The van der Waals surface area contributed by atoms with E-state index in [1.165, 1.54) is 12.1 Å². The quantitative estimate of drug-likeness (QED) is 0.872. The largest absolute Gasteiger partial charge is 0.369 e. The lowest BCUT2D eigenvalue weighted by Crippen LogP contribution is -2.33. The third-order valence-electron chi connectivity index (χ3n) is 3.42. The lowest BCUT2D eigenvalue weighted by Gasteiger charge is -2.28. The van der Waals surface area contributed by atoms with Crippen molar-refractivity contribution < 1.29 is 9.18 Å². The molecule has 0 spiro atoms. The van der Waals surface area contributed by atoms with Gasteiger partial charge in [0.25, 0.3) is 0 Å². The number of carbonyl (C=O) groups excluding carboxylic acids is 1. The van der Waals surface area contributed by atoms with E-state index in [1.54, 1.807) is 12.1 Å². The van der Waals surface area contributed by atoms with Gasteiger partial charge in [-0.1, -0.05) is 18.2 Å². The van der Waals surface area contributed by atoms with Gasteiger partial charge in [-0.15, -0.1) is 0 Å². The summed E-state index contributed by atoms with van der Waals surface area (Å²) >= 11 is 0. The molecule has 0 radical (unpaired) electrons. The highest BCUT2D eigenvalue weighted by Crippen LogP contribution is 2.18. The van der Waals surface area contributed by atoms with E-state index in [9.17, 15) is 9.18 Å². The zero-order valence-corrected chi connectivity index (χ0v) is 12.9. The molecule has 0 atom stereocenters. The molecule has 0 heterocycles. The lowest BCUT2D eigenvalue weighted by atomic mass is 10.2. The fraction of sp³-hybridized carbons (Fsp3) is 0.278. The second-order valence-corrected chi connectivity index (χ2v) is 5.43. The van der Waals surface area contributed by atoms with Crippen LogP contribution < -0.4 is 10.2 Å². The first-order chi connectivity index (χ1) is 10.6. The highest BCUT2D eigenvalue weighted by Gasteiger charge is 2.12. The normalized spacial score (nSPS) is 10.5. The predicted molar refractivity (Wildman–Crippen MR) is 88.6 cm³/mol. The Labute approximate surface area is 130 Å². The van der Waals surface area contributed by atoms with Crippen LogP contribution in [0.5, 0.6) is 0 Å². The molecule has 1 amide bonds. The highest BCUT2D eigenvalue weighted by atomic mass is 19.1. The summed E-state index contributed by atoms with van der Waals surface area (Å²) in [5.41, 5.74) is 1.72. The van der Waals surface area contributed by atoms with Crippen LogP contribution in [0.4, 0.5) is 15.8 Å². The van der Waals surface area contributed by atoms with Crippen LogP contribution in [0.3, 0.4) is 0 Å². The summed E-state index contributed by atoms with van der Waals surface area (Å²) in [6.45, 7) is 4.69. The summed E-state index contributed by atoms with van der Waals surface area (Å²) in [6, 6.07) is 16.0. The zero-order valence-electron chi connectivity index (χ0n) is 12.9. The third-order valence-corrected chi connectivity index (χ3v) is 3.42. The van der Waals surface area contributed by atoms with Gasteiger partial charge in [0.15, 0.2) is 0 Å². The SMILES string of the molecule is CC(C)N(CCC(=O)Nc1ccccc1)c1ccc(F)cc1. The molecule has 0 aromatic heterocycles. The lowest BCUT2D eigenvalue weighted by molar-refractivity contribution is -0.116. The monoisotopic (exact) mass is 300 g/mol. The fourth-order valence-corrected chi connectivity index (χ4v) is 2.28. The van der Waals surface area contributed by atoms with Crippen molar-refractivity contribution in [3.05, 3.63) is 60.4 Å². The zero-order chi connectivity index (χ0) is 15.9. The van der Waals surface area contributed by atoms with Gasteiger partial charge in [-0.25, -0.2) is 4.39 Å². The van der Waals surface area contributed by atoms with Crippen LogP contribution in [0, 0.1) is 5.82 Å². The minimum absolute atomic E-state index is 0.0287. The second kappa shape index (κ2) is 7.59. The number of hydrogen-bond donors (Lipinski definition) is 1. The summed E-state index contributed by atoms with van der Waals surface area (Å²) in [6.07, 6.45) is 0.379. The van der Waals surface area contributed by atoms with E-state index in [4.69, 9.17) is 0 Å². The Morgan fingerprint density at radius 1 is 1.09 bits per heavy atom.